The van der Waals surface area contributed by atoms with Crippen LogP contribution in [0.3, 0.4) is 0 Å². The van der Waals surface area contributed by atoms with Gasteiger partial charge in [0.1, 0.15) is 11.9 Å². The maximum atomic E-state index is 13.7. The van der Waals surface area contributed by atoms with Gasteiger partial charge in [-0.15, -0.1) is 0 Å². The first-order valence-corrected chi connectivity index (χ1v) is 7.21. The van der Waals surface area contributed by atoms with Crippen LogP contribution in [-0.2, 0) is 6.54 Å². The Bertz CT molecular complexity index is 862. The molecular weight excluding hydrogens is 295 g/mol. The highest BCUT2D eigenvalue weighted by atomic mass is 19.1. The van der Waals surface area contributed by atoms with E-state index in [0.717, 1.165) is 10.2 Å². The van der Waals surface area contributed by atoms with Crippen LogP contribution < -0.4 is 5.56 Å². The van der Waals surface area contributed by atoms with Gasteiger partial charge >= 0.3 is 0 Å². The average Bonchev–Trinajstić information content (AvgIpc) is 2.58. The van der Waals surface area contributed by atoms with Crippen molar-refractivity contribution in [3.8, 4) is 11.3 Å². The third-order valence-corrected chi connectivity index (χ3v) is 3.55. The number of rotatable bonds is 4. The molecule has 1 heterocycles. The van der Waals surface area contributed by atoms with Crippen molar-refractivity contribution < 1.29 is 9.50 Å². The van der Waals surface area contributed by atoms with Crippen molar-refractivity contribution in [2.75, 3.05) is 0 Å². The van der Waals surface area contributed by atoms with Crippen LogP contribution in [0.1, 0.15) is 11.7 Å². The highest BCUT2D eigenvalue weighted by Gasteiger charge is 2.14. The summed E-state index contributed by atoms with van der Waals surface area (Å²) in [7, 11) is 0. The van der Waals surface area contributed by atoms with Gasteiger partial charge < -0.3 is 5.11 Å². The Morgan fingerprint density at radius 3 is 2.43 bits per heavy atom. The predicted octanol–water partition coefficient (Wildman–Crippen LogP) is 2.78. The Morgan fingerprint density at radius 1 is 1.00 bits per heavy atom. The monoisotopic (exact) mass is 310 g/mol. The van der Waals surface area contributed by atoms with Crippen molar-refractivity contribution in [3.05, 3.63) is 88.5 Å². The van der Waals surface area contributed by atoms with E-state index in [0.29, 0.717) is 5.69 Å². The minimum atomic E-state index is -1.15. The summed E-state index contributed by atoms with van der Waals surface area (Å²) in [6.07, 6.45) is -1.15. The van der Waals surface area contributed by atoms with Gasteiger partial charge in [-0.2, -0.15) is 5.10 Å². The topological polar surface area (TPSA) is 55.1 Å². The van der Waals surface area contributed by atoms with E-state index in [2.05, 4.69) is 5.10 Å². The fraction of sp³-hybridized carbons (Fsp3) is 0.111. The fourth-order valence-corrected chi connectivity index (χ4v) is 2.35. The van der Waals surface area contributed by atoms with E-state index in [1.54, 1.807) is 18.2 Å². The molecule has 1 unspecified atom stereocenters. The summed E-state index contributed by atoms with van der Waals surface area (Å²) in [5.74, 6) is -0.507. The molecule has 1 atom stereocenters. The number of hydrogen-bond donors (Lipinski definition) is 1. The van der Waals surface area contributed by atoms with Gasteiger partial charge in [0.15, 0.2) is 0 Å². The molecule has 116 valence electrons. The van der Waals surface area contributed by atoms with Crippen molar-refractivity contribution in [2.24, 2.45) is 0 Å². The second-order valence-electron chi connectivity index (χ2n) is 5.14. The molecule has 0 amide bonds. The molecule has 3 rings (SSSR count). The summed E-state index contributed by atoms with van der Waals surface area (Å²) in [5.41, 5.74) is 1.28. The van der Waals surface area contributed by atoms with E-state index in [4.69, 9.17) is 0 Å². The summed E-state index contributed by atoms with van der Waals surface area (Å²) in [6.45, 7) is -0.111. The Morgan fingerprint density at radius 2 is 1.70 bits per heavy atom. The second kappa shape index (κ2) is 6.54. The number of hydrogen-bond acceptors (Lipinski definition) is 3. The molecule has 1 aromatic heterocycles. The van der Waals surface area contributed by atoms with Crippen LogP contribution in [0.5, 0.6) is 0 Å². The summed E-state index contributed by atoms with van der Waals surface area (Å²) in [4.78, 5) is 12.0. The number of nitrogens with zero attached hydrogens (tertiary/aromatic N) is 2. The van der Waals surface area contributed by atoms with Crippen LogP contribution in [0, 0.1) is 5.82 Å². The molecule has 5 heteroatoms. The summed E-state index contributed by atoms with van der Waals surface area (Å²) >= 11 is 0. The smallest absolute Gasteiger partial charge is 0.266 e. The van der Waals surface area contributed by atoms with Crippen molar-refractivity contribution in [3.63, 3.8) is 0 Å². The Kier molecular flexibility index (Phi) is 4.30. The van der Waals surface area contributed by atoms with Crippen LogP contribution in [0.2, 0.25) is 0 Å². The lowest BCUT2D eigenvalue weighted by Crippen LogP contribution is -2.25. The highest BCUT2D eigenvalue weighted by Crippen LogP contribution is 2.18. The van der Waals surface area contributed by atoms with E-state index >= 15 is 0 Å². The average molecular weight is 310 g/mol. The predicted molar refractivity (Wildman–Crippen MR) is 85.3 cm³/mol. The molecule has 0 radical (unpaired) electrons. The van der Waals surface area contributed by atoms with Gasteiger partial charge in [0.2, 0.25) is 0 Å². The lowest BCUT2D eigenvalue weighted by Gasteiger charge is -2.13. The molecule has 0 aliphatic carbocycles. The van der Waals surface area contributed by atoms with Crippen molar-refractivity contribution in [1.29, 1.82) is 0 Å². The third-order valence-electron chi connectivity index (χ3n) is 3.55. The van der Waals surface area contributed by atoms with E-state index in [1.807, 2.05) is 30.3 Å². The molecule has 0 bridgehead atoms. The molecule has 4 nitrogen and oxygen atoms in total. The first-order valence-electron chi connectivity index (χ1n) is 7.21. The van der Waals surface area contributed by atoms with Gasteiger partial charge in [-0.05, 0) is 12.1 Å². The lowest BCUT2D eigenvalue weighted by molar-refractivity contribution is 0.145. The Labute approximate surface area is 132 Å². The van der Waals surface area contributed by atoms with Crippen LogP contribution in [0.15, 0.2) is 71.5 Å². The zero-order valence-electron chi connectivity index (χ0n) is 12.3. The van der Waals surface area contributed by atoms with Crippen LogP contribution in [0.4, 0.5) is 4.39 Å². The lowest BCUT2D eigenvalue weighted by atomic mass is 10.1. The van der Waals surface area contributed by atoms with Gasteiger partial charge in [0, 0.05) is 17.2 Å². The van der Waals surface area contributed by atoms with Crippen molar-refractivity contribution in [1.82, 2.24) is 9.78 Å². The minimum absolute atomic E-state index is 0.111. The second-order valence-corrected chi connectivity index (χ2v) is 5.14. The zero-order valence-corrected chi connectivity index (χ0v) is 12.3. The number of aliphatic hydroxyl groups excluding tert-OH is 1. The van der Waals surface area contributed by atoms with Crippen molar-refractivity contribution >= 4 is 0 Å². The van der Waals surface area contributed by atoms with Gasteiger partial charge in [-0.25, -0.2) is 9.07 Å². The van der Waals surface area contributed by atoms with Crippen LogP contribution in [0.25, 0.3) is 11.3 Å². The molecule has 23 heavy (non-hydrogen) atoms. The number of halogens is 1. The van der Waals surface area contributed by atoms with Gasteiger partial charge in [-0.3, -0.25) is 4.79 Å². The first-order chi connectivity index (χ1) is 11.1. The fourth-order valence-electron chi connectivity index (χ4n) is 2.35. The van der Waals surface area contributed by atoms with E-state index in [1.165, 1.54) is 18.2 Å². The van der Waals surface area contributed by atoms with Gasteiger partial charge in [0.25, 0.3) is 5.56 Å². The molecular formula is C18H15FN2O2. The first kappa shape index (κ1) is 15.1. The van der Waals surface area contributed by atoms with Gasteiger partial charge in [-0.1, -0.05) is 48.5 Å². The van der Waals surface area contributed by atoms with Crippen LogP contribution in [-0.4, -0.2) is 14.9 Å². The molecule has 0 saturated carbocycles. The number of aliphatic hydroxyl groups is 1. The Balaban J connectivity index is 1.91. The Hall–Kier alpha value is -2.79. The molecule has 0 fully saturated rings. The molecule has 0 saturated heterocycles. The number of aromatic nitrogens is 2. The van der Waals surface area contributed by atoms with E-state index in [-0.39, 0.29) is 17.7 Å². The highest BCUT2D eigenvalue weighted by molar-refractivity contribution is 5.57. The normalized spacial score (nSPS) is 12.1. The maximum absolute atomic E-state index is 13.7. The molecule has 0 spiro atoms. The molecule has 3 aromatic rings. The maximum Gasteiger partial charge on any atom is 0.266 e. The van der Waals surface area contributed by atoms with Gasteiger partial charge in [0.05, 0.1) is 12.2 Å². The summed E-state index contributed by atoms with van der Waals surface area (Å²) < 4.78 is 14.9. The number of benzene rings is 2. The minimum Gasteiger partial charge on any atom is -0.386 e. The van der Waals surface area contributed by atoms with Crippen LogP contribution >= 0.6 is 0 Å². The standard InChI is InChI=1S/C18H15FN2O2/c19-15-9-5-4-8-14(15)17(22)12-21-18(23)11-10-16(20-21)13-6-2-1-3-7-13/h1-11,17,22H,12H2. The van der Waals surface area contributed by atoms with E-state index < -0.39 is 11.9 Å². The summed E-state index contributed by atoms with van der Waals surface area (Å²) in [5, 5.41) is 14.5. The summed E-state index contributed by atoms with van der Waals surface area (Å²) in [6, 6.07) is 18.4. The largest absolute Gasteiger partial charge is 0.386 e. The third kappa shape index (κ3) is 3.35. The van der Waals surface area contributed by atoms with E-state index in [9.17, 15) is 14.3 Å². The molecule has 2 aromatic carbocycles. The molecule has 0 aliphatic heterocycles. The molecule has 0 aliphatic rings. The zero-order chi connectivity index (χ0) is 16.2. The molecule has 1 N–H and O–H groups in total. The SMILES string of the molecule is O=c1ccc(-c2ccccc2)nn1CC(O)c1ccccc1F. The van der Waals surface area contributed by atoms with Crippen molar-refractivity contribution in [2.45, 2.75) is 12.6 Å². The quantitative estimate of drug-likeness (QED) is 0.806.